The molecule has 1 amide bonds. The van der Waals surface area contributed by atoms with Gasteiger partial charge in [-0.1, -0.05) is 0 Å². The second-order valence-corrected chi connectivity index (χ2v) is 5.29. The lowest BCUT2D eigenvalue weighted by Crippen LogP contribution is -2.28. The predicted octanol–water partition coefficient (Wildman–Crippen LogP) is 1.42. The number of aromatic nitrogens is 3. The molecule has 22 heavy (non-hydrogen) atoms. The Morgan fingerprint density at radius 3 is 3.18 bits per heavy atom. The van der Waals surface area contributed by atoms with Gasteiger partial charge in [-0.2, -0.15) is 5.10 Å². The van der Waals surface area contributed by atoms with E-state index in [1.165, 1.54) is 0 Å². The Hall–Kier alpha value is -2.57. The standard InChI is InChI=1S/C15H19N5O2/c1-2-22-13-7-10(3-5-17-13)15(21)20-6-4-11(9-20)14-12(16)8-18-19-14/h3,5,7-8,11H,2,4,6,9,16H2,1H3,(H,18,19). The number of pyridine rings is 1. The third-order valence-corrected chi connectivity index (χ3v) is 3.86. The fourth-order valence-corrected chi connectivity index (χ4v) is 2.76. The van der Waals surface area contributed by atoms with Crippen LogP contribution in [-0.4, -0.2) is 45.7 Å². The van der Waals surface area contributed by atoms with Gasteiger partial charge in [-0.15, -0.1) is 0 Å². The fraction of sp³-hybridized carbons (Fsp3) is 0.400. The lowest BCUT2D eigenvalue weighted by atomic mass is 10.0. The SMILES string of the molecule is CCOc1cc(C(=O)N2CCC(c3[nH]ncc3N)C2)ccn1. The zero-order valence-corrected chi connectivity index (χ0v) is 12.5. The average Bonchev–Trinajstić information content (AvgIpc) is 3.15. The predicted molar refractivity (Wildman–Crippen MR) is 81.7 cm³/mol. The zero-order chi connectivity index (χ0) is 15.5. The number of nitrogens with zero attached hydrogens (tertiary/aromatic N) is 3. The minimum Gasteiger partial charge on any atom is -0.478 e. The number of carbonyl (C=O) groups excluding carboxylic acids is 1. The third kappa shape index (κ3) is 2.74. The number of hydrogen-bond donors (Lipinski definition) is 2. The molecule has 1 saturated heterocycles. The molecule has 3 rings (SSSR count). The molecule has 3 N–H and O–H groups in total. The van der Waals surface area contributed by atoms with Crippen LogP contribution >= 0.6 is 0 Å². The van der Waals surface area contributed by atoms with Crippen LogP contribution in [-0.2, 0) is 0 Å². The molecule has 0 aromatic carbocycles. The van der Waals surface area contributed by atoms with Gasteiger partial charge in [-0.3, -0.25) is 9.89 Å². The molecule has 1 fully saturated rings. The summed E-state index contributed by atoms with van der Waals surface area (Å²) in [5.41, 5.74) is 8.05. The summed E-state index contributed by atoms with van der Waals surface area (Å²) < 4.78 is 5.34. The summed E-state index contributed by atoms with van der Waals surface area (Å²) in [5, 5.41) is 6.88. The van der Waals surface area contributed by atoms with Crippen LogP contribution in [0.15, 0.2) is 24.5 Å². The quantitative estimate of drug-likeness (QED) is 0.890. The molecule has 116 valence electrons. The molecule has 1 atom stereocenters. The van der Waals surface area contributed by atoms with Gasteiger partial charge >= 0.3 is 0 Å². The van der Waals surface area contributed by atoms with E-state index in [1.807, 2.05) is 11.8 Å². The maximum atomic E-state index is 12.6. The highest BCUT2D eigenvalue weighted by Gasteiger charge is 2.30. The lowest BCUT2D eigenvalue weighted by Gasteiger charge is -2.16. The first-order chi connectivity index (χ1) is 10.7. The van der Waals surface area contributed by atoms with Crippen LogP contribution in [0.1, 0.15) is 35.3 Å². The molecule has 0 radical (unpaired) electrons. The minimum absolute atomic E-state index is 0.0102. The van der Waals surface area contributed by atoms with Gasteiger partial charge in [-0.05, 0) is 19.4 Å². The van der Waals surface area contributed by atoms with Gasteiger partial charge in [0.2, 0.25) is 5.88 Å². The highest BCUT2D eigenvalue weighted by atomic mass is 16.5. The Balaban J connectivity index is 1.71. The molecule has 3 heterocycles. The summed E-state index contributed by atoms with van der Waals surface area (Å²) >= 11 is 0. The lowest BCUT2D eigenvalue weighted by molar-refractivity contribution is 0.0790. The number of nitrogens with two attached hydrogens (primary N) is 1. The van der Waals surface area contributed by atoms with Gasteiger partial charge in [0.25, 0.3) is 5.91 Å². The molecular formula is C15H19N5O2. The second-order valence-electron chi connectivity index (χ2n) is 5.29. The summed E-state index contributed by atoms with van der Waals surface area (Å²) in [5.74, 6) is 0.672. The number of nitrogens with one attached hydrogen (secondary N) is 1. The van der Waals surface area contributed by atoms with Gasteiger partial charge in [0.05, 0.1) is 24.2 Å². The number of hydrogen-bond acceptors (Lipinski definition) is 5. The highest BCUT2D eigenvalue weighted by molar-refractivity contribution is 5.94. The van der Waals surface area contributed by atoms with Crippen molar-refractivity contribution in [2.45, 2.75) is 19.3 Å². The number of nitrogen functional groups attached to an aromatic ring is 1. The summed E-state index contributed by atoms with van der Waals surface area (Å²) in [4.78, 5) is 18.5. The smallest absolute Gasteiger partial charge is 0.254 e. The van der Waals surface area contributed by atoms with Gasteiger partial charge in [0.15, 0.2) is 0 Å². The number of anilines is 1. The Morgan fingerprint density at radius 2 is 2.45 bits per heavy atom. The molecule has 1 aliphatic rings. The van der Waals surface area contributed by atoms with E-state index in [0.717, 1.165) is 12.1 Å². The van der Waals surface area contributed by atoms with Crippen molar-refractivity contribution in [3.05, 3.63) is 35.8 Å². The highest BCUT2D eigenvalue weighted by Crippen LogP contribution is 2.30. The van der Waals surface area contributed by atoms with Crippen LogP contribution in [0.4, 0.5) is 5.69 Å². The Morgan fingerprint density at radius 1 is 1.59 bits per heavy atom. The van der Waals surface area contributed by atoms with Gasteiger partial charge < -0.3 is 15.4 Å². The van der Waals surface area contributed by atoms with Crippen molar-refractivity contribution in [1.82, 2.24) is 20.1 Å². The summed E-state index contributed by atoms with van der Waals surface area (Å²) in [7, 11) is 0. The Kier molecular flexibility index (Phi) is 3.95. The first-order valence-corrected chi connectivity index (χ1v) is 7.36. The molecule has 7 nitrogen and oxygen atoms in total. The first kappa shape index (κ1) is 14.4. The molecule has 0 aliphatic carbocycles. The van der Waals surface area contributed by atoms with E-state index in [1.54, 1.807) is 24.5 Å². The second kappa shape index (κ2) is 6.05. The van der Waals surface area contributed by atoms with Crippen LogP contribution in [0.25, 0.3) is 0 Å². The molecule has 2 aromatic heterocycles. The summed E-state index contributed by atoms with van der Waals surface area (Å²) in [6.07, 6.45) is 4.08. The maximum Gasteiger partial charge on any atom is 0.254 e. The van der Waals surface area contributed by atoms with Crippen molar-refractivity contribution >= 4 is 11.6 Å². The number of ether oxygens (including phenoxy) is 1. The van der Waals surface area contributed by atoms with Gasteiger partial charge in [0, 0.05) is 36.8 Å². The third-order valence-electron chi connectivity index (χ3n) is 3.86. The topological polar surface area (TPSA) is 97.1 Å². The largest absolute Gasteiger partial charge is 0.478 e. The van der Waals surface area contributed by atoms with Crippen molar-refractivity contribution in [1.29, 1.82) is 0 Å². The number of aromatic amines is 1. The Labute approximate surface area is 128 Å². The molecule has 1 aliphatic heterocycles. The van der Waals surface area contributed by atoms with E-state index in [0.29, 0.717) is 36.8 Å². The van der Waals surface area contributed by atoms with E-state index < -0.39 is 0 Å². The molecule has 1 unspecified atom stereocenters. The van der Waals surface area contributed by atoms with Crippen molar-refractivity contribution in [3.63, 3.8) is 0 Å². The van der Waals surface area contributed by atoms with E-state index >= 15 is 0 Å². The zero-order valence-electron chi connectivity index (χ0n) is 12.5. The van der Waals surface area contributed by atoms with Gasteiger partial charge in [0.1, 0.15) is 0 Å². The first-order valence-electron chi connectivity index (χ1n) is 7.36. The minimum atomic E-state index is -0.0102. The Bertz CT molecular complexity index is 669. The number of amides is 1. The van der Waals surface area contributed by atoms with E-state index in [2.05, 4.69) is 15.2 Å². The van der Waals surface area contributed by atoms with Crippen LogP contribution in [0.3, 0.4) is 0 Å². The average molecular weight is 301 g/mol. The van der Waals surface area contributed by atoms with E-state index in [9.17, 15) is 4.79 Å². The molecule has 0 bridgehead atoms. The fourth-order valence-electron chi connectivity index (χ4n) is 2.76. The molecule has 2 aromatic rings. The van der Waals surface area contributed by atoms with Gasteiger partial charge in [-0.25, -0.2) is 4.98 Å². The number of likely N-dealkylation sites (tertiary alicyclic amines) is 1. The van der Waals surface area contributed by atoms with Crippen molar-refractivity contribution < 1.29 is 9.53 Å². The number of rotatable bonds is 4. The number of H-pyrrole nitrogens is 1. The van der Waals surface area contributed by atoms with Crippen LogP contribution < -0.4 is 10.5 Å². The van der Waals surface area contributed by atoms with Crippen molar-refractivity contribution in [2.75, 3.05) is 25.4 Å². The molecule has 7 heteroatoms. The van der Waals surface area contributed by atoms with E-state index in [4.69, 9.17) is 10.5 Å². The molecular weight excluding hydrogens is 282 g/mol. The monoisotopic (exact) mass is 301 g/mol. The van der Waals surface area contributed by atoms with Crippen LogP contribution in [0.5, 0.6) is 5.88 Å². The molecule has 0 spiro atoms. The normalized spacial score (nSPS) is 17.7. The molecule has 0 saturated carbocycles. The summed E-state index contributed by atoms with van der Waals surface area (Å²) in [6.45, 7) is 3.75. The van der Waals surface area contributed by atoms with Crippen molar-refractivity contribution in [2.24, 2.45) is 0 Å². The van der Waals surface area contributed by atoms with E-state index in [-0.39, 0.29) is 11.8 Å². The van der Waals surface area contributed by atoms with Crippen LogP contribution in [0, 0.1) is 0 Å². The maximum absolute atomic E-state index is 12.6. The van der Waals surface area contributed by atoms with Crippen molar-refractivity contribution in [3.8, 4) is 5.88 Å². The number of carbonyl (C=O) groups is 1. The summed E-state index contributed by atoms with van der Waals surface area (Å²) in [6, 6.07) is 3.40. The van der Waals surface area contributed by atoms with Crippen LogP contribution in [0.2, 0.25) is 0 Å².